The summed E-state index contributed by atoms with van der Waals surface area (Å²) in [7, 11) is 6.01. The van der Waals surface area contributed by atoms with Crippen molar-refractivity contribution in [1.29, 1.82) is 0 Å². The molecule has 0 aliphatic rings. The Kier molecular flexibility index (Phi) is 5.66. The second-order valence-corrected chi connectivity index (χ2v) is 5.36. The van der Waals surface area contributed by atoms with E-state index in [9.17, 15) is 0 Å². The molecule has 0 aliphatic heterocycles. The molecule has 0 saturated heterocycles. The highest BCUT2D eigenvalue weighted by Crippen LogP contribution is 2.40. The Bertz CT molecular complexity index is 676. The van der Waals surface area contributed by atoms with Crippen LogP contribution in [0.15, 0.2) is 36.4 Å². The average Bonchev–Trinajstić information content (AvgIpc) is 2.63. The molecule has 2 aromatic carbocycles. The smallest absolute Gasteiger partial charge is 0.323 e. The van der Waals surface area contributed by atoms with E-state index >= 15 is 0 Å². The molecular formula is C18H24O6. The summed E-state index contributed by atoms with van der Waals surface area (Å²) in [5, 5.41) is 1.84. The highest BCUT2D eigenvalue weighted by molar-refractivity contribution is 5.90. The highest BCUT2D eigenvalue weighted by Gasteiger charge is 2.31. The van der Waals surface area contributed by atoms with E-state index in [0.717, 1.165) is 10.8 Å². The van der Waals surface area contributed by atoms with Crippen molar-refractivity contribution in [2.75, 3.05) is 28.4 Å². The first-order chi connectivity index (χ1) is 11.4. The molecule has 0 aromatic heterocycles. The predicted octanol–water partition coefficient (Wildman–Crippen LogP) is 3.53. The van der Waals surface area contributed by atoms with Crippen molar-refractivity contribution in [3.8, 4) is 11.5 Å². The zero-order chi connectivity index (χ0) is 17.8. The van der Waals surface area contributed by atoms with Gasteiger partial charge >= 0.3 is 11.9 Å². The molecule has 0 fully saturated rings. The maximum absolute atomic E-state index is 6.00. The van der Waals surface area contributed by atoms with Crippen molar-refractivity contribution in [2.45, 2.75) is 25.8 Å². The summed E-state index contributed by atoms with van der Waals surface area (Å²) in [5.74, 6) is -1.60. The van der Waals surface area contributed by atoms with Gasteiger partial charge in [-0.2, -0.15) is 0 Å². The van der Waals surface area contributed by atoms with Crippen LogP contribution in [-0.2, 0) is 18.9 Å². The lowest BCUT2D eigenvalue weighted by molar-refractivity contribution is -0.318. The van der Waals surface area contributed by atoms with Gasteiger partial charge in [-0.1, -0.05) is 30.3 Å². The van der Waals surface area contributed by atoms with Crippen LogP contribution in [0.5, 0.6) is 11.5 Å². The van der Waals surface area contributed by atoms with Gasteiger partial charge in [0.25, 0.3) is 0 Å². The molecule has 0 amide bonds. The van der Waals surface area contributed by atoms with Gasteiger partial charge in [0.1, 0.15) is 0 Å². The Labute approximate surface area is 142 Å². The van der Waals surface area contributed by atoms with Crippen LogP contribution in [0.1, 0.15) is 13.8 Å². The van der Waals surface area contributed by atoms with Crippen LogP contribution >= 0.6 is 0 Å². The van der Waals surface area contributed by atoms with Crippen LogP contribution in [0.2, 0.25) is 0 Å². The summed E-state index contributed by atoms with van der Waals surface area (Å²) >= 11 is 0. The van der Waals surface area contributed by atoms with Gasteiger partial charge in [0.05, 0.1) is 0 Å². The predicted molar refractivity (Wildman–Crippen MR) is 90.1 cm³/mol. The van der Waals surface area contributed by atoms with Gasteiger partial charge in [-0.15, -0.1) is 0 Å². The average molecular weight is 336 g/mol. The van der Waals surface area contributed by atoms with E-state index in [1.54, 1.807) is 19.9 Å². The molecule has 6 nitrogen and oxygen atoms in total. The van der Waals surface area contributed by atoms with Crippen LogP contribution in [0, 0.1) is 0 Å². The summed E-state index contributed by atoms with van der Waals surface area (Å²) in [6.45, 7) is 3.34. The second kappa shape index (κ2) is 7.36. The van der Waals surface area contributed by atoms with Crippen molar-refractivity contribution in [2.24, 2.45) is 0 Å². The number of methoxy groups -OCH3 is 4. The van der Waals surface area contributed by atoms with Crippen molar-refractivity contribution in [3.05, 3.63) is 36.4 Å². The second-order valence-electron chi connectivity index (χ2n) is 5.36. The summed E-state index contributed by atoms with van der Waals surface area (Å²) < 4.78 is 33.1. The van der Waals surface area contributed by atoms with Crippen LogP contribution < -0.4 is 9.47 Å². The largest absolute Gasteiger partial charge is 0.435 e. The molecule has 2 aromatic rings. The van der Waals surface area contributed by atoms with E-state index in [1.807, 2.05) is 30.3 Å². The minimum Gasteiger partial charge on any atom is -0.435 e. The molecule has 0 aliphatic carbocycles. The molecule has 24 heavy (non-hydrogen) atoms. The summed E-state index contributed by atoms with van der Waals surface area (Å²) in [4.78, 5) is 0. The van der Waals surface area contributed by atoms with E-state index in [1.165, 1.54) is 28.4 Å². The van der Waals surface area contributed by atoms with E-state index in [2.05, 4.69) is 0 Å². The highest BCUT2D eigenvalue weighted by atomic mass is 16.9. The number of rotatable bonds is 8. The first-order valence-electron chi connectivity index (χ1n) is 7.50. The van der Waals surface area contributed by atoms with Gasteiger partial charge < -0.3 is 28.4 Å². The first kappa shape index (κ1) is 18.5. The van der Waals surface area contributed by atoms with Crippen LogP contribution in [0.3, 0.4) is 0 Å². The molecule has 0 N–H and O–H groups in total. The molecule has 0 heterocycles. The topological polar surface area (TPSA) is 55.4 Å². The Hall–Kier alpha value is -1.86. The fourth-order valence-corrected chi connectivity index (χ4v) is 2.13. The first-order valence-corrected chi connectivity index (χ1v) is 7.50. The Morgan fingerprint density at radius 3 is 1.79 bits per heavy atom. The Morgan fingerprint density at radius 1 is 0.667 bits per heavy atom. The lowest BCUT2D eigenvalue weighted by Gasteiger charge is -2.31. The zero-order valence-corrected chi connectivity index (χ0v) is 14.9. The van der Waals surface area contributed by atoms with Crippen molar-refractivity contribution < 1.29 is 28.4 Å². The molecule has 0 unspecified atom stereocenters. The molecular weight excluding hydrogens is 312 g/mol. The number of ether oxygens (including phenoxy) is 6. The minimum atomic E-state index is -1.27. The normalized spacial score (nSPS) is 12.4. The molecule has 132 valence electrons. The van der Waals surface area contributed by atoms with Crippen molar-refractivity contribution in [1.82, 2.24) is 0 Å². The van der Waals surface area contributed by atoms with Gasteiger partial charge in [-0.05, 0) is 11.5 Å². The molecule has 6 heteroatoms. The fraction of sp³-hybridized carbons (Fsp3) is 0.444. The minimum absolute atomic E-state index is 0.445. The summed E-state index contributed by atoms with van der Waals surface area (Å²) in [6.07, 6.45) is 0. The van der Waals surface area contributed by atoms with E-state index < -0.39 is 11.9 Å². The van der Waals surface area contributed by atoms with Crippen LogP contribution in [0.25, 0.3) is 10.8 Å². The van der Waals surface area contributed by atoms with E-state index in [0.29, 0.717) is 11.5 Å². The molecule has 0 radical (unpaired) electrons. The van der Waals surface area contributed by atoms with Gasteiger partial charge in [-0.3, -0.25) is 0 Å². The third-order valence-electron chi connectivity index (χ3n) is 3.91. The number of hydrogen-bond donors (Lipinski definition) is 0. The van der Waals surface area contributed by atoms with Gasteiger partial charge in [0.15, 0.2) is 11.5 Å². The van der Waals surface area contributed by atoms with Crippen molar-refractivity contribution in [3.63, 3.8) is 0 Å². The number of fused-ring (bicyclic) bond motifs is 1. The standard InChI is InChI=1S/C18H24O6/c1-17(19-3,20-4)23-15-12-11-13-9-7-8-10-14(13)16(15)24-18(2,21-5)22-6/h7-12H,1-6H3. The SMILES string of the molecule is COC(C)(OC)Oc1ccc2ccccc2c1OC(C)(OC)OC. The Balaban J connectivity index is 2.56. The quantitative estimate of drug-likeness (QED) is 0.688. The summed E-state index contributed by atoms with van der Waals surface area (Å²) in [6, 6.07) is 11.5. The van der Waals surface area contributed by atoms with Crippen LogP contribution in [0.4, 0.5) is 0 Å². The number of hydrogen-bond acceptors (Lipinski definition) is 6. The number of benzene rings is 2. The lowest BCUT2D eigenvalue weighted by atomic mass is 10.1. The van der Waals surface area contributed by atoms with Gasteiger partial charge in [0.2, 0.25) is 0 Å². The van der Waals surface area contributed by atoms with Crippen molar-refractivity contribution >= 4 is 10.8 Å². The van der Waals surface area contributed by atoms with E-state index in [-0.39, 0.29) is 0 Å². The summed E-state index contributed by atoms with van der Waals surface area (Å²) in [5.41, 5.74) is 0. The fourth-order valence-electron chi connectivity index (χ4n) is 2.13. The van der Waals surface area contributed by atoms with Crippen LogP contribution in [-0.4, -0.2) is 40.4 Å². The molecule has 0 spiro atoms. The Morgan fingerprint density at radius 2 is 1.21 bits per heavy atom. The molecule has 0 bridgehead atoms. The molecule has 2 rings (SSSR count). The lowest BCUT2D eigenvalue weighted by Crippen LogP contribution is -2.38. The molecule has 0 saturated carbocycles. The zero-order valence-electron chi connectivity index (χ0n) is 14.9. The third kappa shape index (κ3) is 3.79. The monoisotopic (exact) mass is 336 g/mol. The maximum Gasteiger partial charge on any atom is 0.323 e. The maximum atomic E-state index is 6.00. The van der Waals surface area contributed by atoms with Gasteiger partial charge in [0, 0.05) is 47.7 Å². The third-order valence-corrected chi connectivity index (χ3v) is 3.91. The van der Waals surface area contributed by atoms with E-state index in [4.69, 9.17) is 28.4 Å². The molecule has 0 atom stereocenters. The van der Waals surface area contributed by atoms with Gasteiger partial charge in [-0.25, -0.2) is 0 Å².